The number of benzene rings is 1. The Bertz CT molecular complexity index is 324. The van der Waals surface area contributed by atoms with Crippen molar-refractivity contribution >= 4 is 21.6 Å². The maximum atomic E-state index is 9.36. The van der Waals surface area contributed by atoms with Gasteiger partial charge in [-0.05, 0) is 34.1 Å². The number of aromatic hydroxyl groups is 1. The molecule has 0 spiro atoms. The molecule has 1 saturated heterocycles. The van der Waals surface area contributed by atoms with Crippen molar-refractivity contribution < 1.29 is 5.11 Å². The van der Waals surface area contributed by atoms with Crippen molar-refractivity contribution in [1.82, 2.24) is 5.32 Å². The van der Waals surface area contributed by atoms with Crippen LogP contribution in [0.1, 0.15) is 0 Å². The Kier molecular flexibility index (Phi) is 2.93. The molecule has 3 nitrogen and oxygen atoms in total. The molecule has 2 rings (SSSR count). The van der Waals surface area contributed by atoms with Crippen LogP contribution in [0, 0.1) is 0 Å². The first-order valence-electron chi connectivity index (χ1n) is 4.71. The summed E-state index contributed by atoms with van der Waals surface area (Å²) in [7, 11) is 0. The van der Waals surface area contributed by atoms with E-state index in [1.54, 1.807) is 6.07 Å². The molecule has 1 fully saturated rings. The first-order valence-corrected chi connectivity index (χ1v) is 5.51. The highest BCUT2D eigenvalue weighted by Crippen LogP contribution is 2.28. The molecule has 0 atom stereocenters. The van der Waals surface area contributed by atoms with E-state index in [0.29, 0.717) is 5.75 Å². The monoisotopic (exact) mass is 256 g/mol. The SMILES string of the molecule is Oc1ccc(N2CCNCC2)cc1Br. The van der Waals surface area contributed by atoms with Gasteiger partial charge in [-0.25, -0.2) is 0 Å². The fraction of sp³-hybridized carbons (Fsp3) is 0.400. The molecule has 0 bridgehead atoms. The van der Waals surface area contributed by atoms with Crippen LogP contribution in [-0.4, -0.2) is 31.3 Å². The first kappa shape index (κ1) is 9.80. The quantitative estimate of drug-likeness (QED) is 0.801. The number of nitrogens with one attached hydrogen (secondary N) is 1. The summed E-state index contributed by atoms with van der Waals surface area (Å²) >= 11 is 3.32. The molecule has 0 amide bonds. The van der Waals surface area contributed by atoms with Crippen LogP contribution in [-0.2, 0) is 0 Å². The maximum Gasteiger partial charge on any atom is 0.129 e. The van der Waals surface area contributed by atoms with E-state index in [1.165, 1.54) is 0 Å². The lowest BCUT2D eigenvalue weighted by Crippen LogP contribution is -2.43. The summed E-state index contributed by atoms with van der Waals surface area (Å²) in [5.74, 6) is 0.295. The predicted octanol–water partition coefficient (Wildman–Crippen LogP) is 1.56. The van der Waals surface area contributed by atoms with Crippen LogP contribution in [0.3, 0.4) is 0 Å². The number of nitrogens with zero attached hydrogens (tertiary/aromatic N) is 1. The largest absolute Gasteiger partial charge is 0.507 e. The van der Waals surface area contributed by atoms with Gasteiger partial charge in [0.15, 0.2) is 0 Å². The minimum Gasteiger partial charge on any atom is -0.507 e. The van der Waals surface area contributed by atoms with Gasteiger partial charge in [0, 0.05) is 31.9 Å². The average Bonchev–Trinajstić information content (AvgIpc) is 2.23. The molecule has 1 aliphatic rings. The zero-order valence-electron chi connectivity index (χ0n) is 7.83. The fourth-order valence-electron chi connectivity index (χ4n) is 1.62. The molecule has 0 aliphatic carbocycles. The zero-order chi connectivity index (χ0) is 9.97. The third kappa shape index (κ3) is 2.01. The number of piperazine rings is 1. The maximum absolute atomic E-state index is 9.36. The van der Waals surface area contributed by atoms with Crippen molar-refractivity contribution in [3.8, 4) is 5.75 Å². The molecule has 1 heterocycles. The summed E-state index contributed by atoms with van der Waals surface area (Å²) in [5.41, 5.74) is 1.16. The second kappa shape index (κ2) is 4.19. The van der Waals surface area contributed by atoms with E-state index in [1.807, 2.05) is 12.1 Å². The summed E-state index contributed by atoms with van der Waals surface area (Å²) in [6.07, 6.45) is 0. The van der Waals surface area contributed by atoms with Crippen LogP contribution in [0.5, 0.6) is 5.75 Å². The molecule has 0 aromatic heterocycles. The number of phenols is 1. The van der Waals surface area contributed by atoms with E-state index in [2.05, 4.69) is 26.1 Å². The summed E-state index contributed by atoms with van der Waals surface area (Å²) in [5, 5.41) is 12.7. The van der Waals surface area contributed by atoms with Crippen LogP contribution < -0.4 is 10.2 Å². The highest BCUT2D eigenvalue weighted by atomic mass is 79.9. The smallest absolute Gasteiger partial charge is 0.129 e. The molecule has 1 aromatic carbocycles. The predicted molar refractivity (Wildman–Crippen MR) is 60.9 cm³/mol. The lowest BCUT2D eigenvalue weighted by Gasteiger charge is -2.29. The Balaban J connectivity index is 2.18. The van der Waals surface area contributed by atoms with Gasteiger partial charge < -0.3 is 15.3 Å². The standard InChI is InChI=1S/C10H13BrN2O/c11-9-7-8(1-2-10(9)14)13-5-3-12-4-6-13/h1-2,7,12,14H,3-6H2. The molecule has 4 heteroatoms. The van der Waals surface area contributed by atoms with E-state index >= 15 is 0 Å². The topological polar surface area (TPSA) is 35.5 Å². The van der Waals surface area contributed by atoms with Crippen molar-refractivity contribution in [2.75, 3.05) is 31.1 Å². The molecule has 1 aliphatic heterocycles. The van der Waals surface area contributed by atoms with Crippen molar-refractivity contribution in [1.29, 1.82) is 0 Å². The molecule has 0 saturated carbocycles. The highest BCUT2D eigenvalue weighted by molar-refractivity contribution is 9.10. The lowest BCUT2D eigenvalue weighted by molar-refractivity contribution is 0.472. The molecule has 14 heavy (non-hydrogen) atoms. The molecule has 1 aromatic rings. The minimum absolute atomic E-state index is 0.295. The second-order valence-electron chi connectivity index (χ2n) is 3.37. The van der Waals surface area contributed by atoms with Gasteiger partial charge in [0.2, 0.25) is 0 Å². The van der Waals surface area contributed by atoms with Gasteiger partial charge in [-0.1, -0.05) is 0 Å². The van der Waals surface area contributed by atoms with E-state index < -0.39 is 0 Å². The van der Waals surface area contributed by atoms with Crippen molar-refractivity contribution in [2.45, 2.75) is 0 Å². The third-order valence-electron chi connectivity index (χ3n) is 2.41. The first-order chi connectivity index (χ1) is 6.77. The van der Waals surface area contributed by atoms with Crippen LogP contribution in [0.15, 0.2) is 22.7 Å². The highest BCUT2D eigenvalue weighted by Gasteiger charge is 2.11. The second-order valence-corrected chi connectivity index (χ2v) is 4.23. The van der Waals surface area contributed by atoms with Crippen LogP contribution >= 0.6 is 15.9 Å². The molecule has 0 unspecified atom stereocenters. The minimum atomic E-state index is 0.295. The van der Waals surface area contributed by atoms with Crippen LogP contribution in [0.25, 0.3) is 0 Å². The zero-order valence-corrected chi connectivity index (χ0v) is 9.42. The van der Waals surface area contributed by atoms with Gasteiger partial charge in [0.1, 0.15) is 5.75 Å². The Morgan fingerprint density at radius 3 is 2.64 bits per heavy atom. The van der Waals surface area contributed by atoms with Gasteiger partial charge in [-0.2, -0.15) is 0 Å². The van der Waals surface area contributed by atoms with E-state index in [0.717, 1.165) is 36.3 Å². The normalized spacial score (nSPS) is 17.1. The average molecular weight is 257 g/mol. The Labute approximate surface area is 91.9 Å². The summed E-state index contributed by atoms with van der Waals surface area (Å²) < 4.78 is 0.758. The molecular weight excluding hydrogens is 244 g/mol. The fourth-order valence-corrected chi connectivity index (χ4v) is 1.98. The van der Waals surface area contributed by atoms with Gasteiger partial charge >= 0.3 is 0 Å². The van der Waals surface area contributed by atoms with E-state index in [9.17, 15) is 5.11 Å². The van der Waals surface area contributed by atoms with E-state index in [4.69, 9.17) is 0 Å². The molecular formula is C10H13BrN2O. The van der Waals surface area contributed by atoms with Crippen molar-refractivity contribution in [3.05, 3.63) is 22.7 Å². The Morgan fingerprint density at radius 1 is 1.29 bits per heavy atom. The Hall–Kier alpha value is -0.740. The molecule has 0 radical (unpaired) electrons. The van der Waals surface area contributed by atoms with Crippen molar-refractivity contribution in [3.63, 3.8) is 0 Å². The van der Waals surface area contributed by atoms with Crippen LogP contribution in [0.2, 0.25) is 0 Å². The van der Waals surface area contributed by atoms with Gasteiger partial charge in [0.05, 0.1) is 4.47 Å². The van der Waals surface area contributed by atoms with Gasteiger partial charge in [-0.15, -0.1) is 0 Å². The molecule has 76 valence electrons. The number of hydrogen-bond donors (Lipinski definition) is 2. The van der Waals surface area contributed by atoms with Crippen LogP contribution in [0.4, 0.5) is 5.69 Å². The Morgan fingerprint density at radius 2 is 2.00 bits per heavy atom. The number of rotatable bonds is 1. The molecule has 2 N–H and O–H groups in total. The van der Waals surface area contributed by atoms with E-state index in [-0.39, 0.29) is 0 Å². The number of hydrogen-bond acceptors (Lipinski definition) is 3. The van der Waals surface area contributed by atoms with Gasteiger partial charge in [-0.3, -0.25) is 0 Å². The third-order valence-corrected chi connectivity index (χ3v) is 3.05. The summed E-state index contributed by atoms with van der Waals surface area (Å²) in [6, 6.07) is 5.63. The number of phenolic OH excluding ortho intramolecular Hbond substituents is 1. The number of anilines is 1. The summed E-state index contributed by atoms with van der Waals surface area (Å²) in [4.78, 5) is 2.31. The summed E-state index contributed by atoms with van der Waals surface area (Å²) in [6.45, 7) is 4.10. The van der Waals surface area contributed by atoms with Gasteiger partial charge in [0.25, 0.3) is 0 Å². The number of halogens is 1. The lowest BCUT2D eigenvalue weighted by atomic mass is 10.2. The van der Waals surface area contributed by atoms with Crippen molar-refractivity contribution in [2.24, 2.45) is 0 Å².